The van der Waals surface area contributed by atoms with E-state index in [1.54, 1.807) is 0 Å². The number of anilines is 2. The number of hydrogen-bond acceptors (Lipinski definition) is 4. The zero-order valence-corrected chi connectivity index (χ0v) is 18.1. The lowest BCUT2D eigenvalue weighted by Crippen LogP contribution is -2.47. The molecular weight excluding hydrogens is 378 g/mol. The number of piperidine rings is 1. The lowest BCUT2D eigenvalue weighted by Gasteiger charge is -2.37. The first kappa shape index (κ1) is 21.3. The molecular formula is C24H35N3O3. The van der Waals surface area contributed by atoms with Crippen LogP contribution < -0.4 is 10.2 Å². The van der Waals surface area contributed by atoms with Crippen LogP contribution >= 0.6 is 0 Å². The summed E-state index contributed by atoms with van der Waals surface area (Å²) in [5, 5.41) is 3.03. The molecule has 4 rings (SSSR count). The van der Waals surface area contributed by atoms with Crippen LogP contribution in [0.15, 0.2) is 24.3 Å². The third kappa shape index (κ3) is 5.22. The van der Waals surface area contributed by atoms with Gasteiger partial charge in [-0.15, -0.1) is 0 Å². The smallest absolute Gasteiger partial charge is 0.241 e. The summed E-state index contributed by atoms with van der Waals surface area (Å²) in [6.07, 6.45) is 10.7. The highest BCUT2D eigenvalue weighted by Gasteiger charge is 2.29. The predicted octanol–water partition coefficient (Wildman–Crippen LogP) is 3.95. The van der Waals surface area contributed by atoms with Crippen molar-refractivity contribution in [2.45, 2.75) is 83.0 Å². The molecule has 1 aromatic carbocycles. The molecule has 3 aliphatic rings. The molecule has 6 heteroatoms. The quantitative estimate of drug-likeness (QED) is 0.767. The summed E-state index contributed by atoms with van der Waals surface area (Å²) in [4.78, 5) is 28.7. The van der Waals surface area contributed by atoms with E-state index >= 15 is 0 Å². The van der Waals surface area contributed by atoms with Gasteiger partial charge in [-0.25, -0.2) is 0 Å². The van der Waals surface area contributed by atoms with E-state index in [-0.39, 0.29) is 17.9 Å². The van der Waals surface area contributed by atoms with Crippen molar-refractivity contribution in [3.8, 4) is 0 Å². The normalized spacial score (nSPS) is 23.0. The minimum absolute atomic E-state index is 0.0200. The first-order valence-electron chi connectivity index (χ1n) is 11.7. The Morgan fingerprint density at radius 2 is 1.63 bits per heavy atom. The highest BCUT2D eigenvalue weighted by Crippen LogP contribution is 2.26. The molecule has 2 heterocycles. The molecule has 0 spiro atoms. The number of amides is 2. The first-order chi connectivity index (χ1) is 14.6. The van der Waals surface area contributed by atoms with Gasteiger partial charge in [0.1, 0.15) is 0 Å². The summed E-state index contributed by atoms with van der Waals surface area (Å²) >= 11 is 0. The van der Waals surface area contributed by atoms with Gasteiger partial charge in [0, 0.05) is 37.4 Å². The number of likely N-dealkylation sites (tertiary alicyclic amines) is 1. The summed E-state index contributed by atoms with van der Waals surface area (Å²) in [6.45, 7) is 4.57. The Bertz CT molecular complexity index is 722. The van der Waals surface area contributed by atoms with Crippen molar-refractivity contribution < 1.29 is 14.3 Å². The average molecular weight is 414 g/mol. The predicted molar refractivity (Wildman–Crippen MR) is 119 cm³/mol. The Morgan fingerprint density at radius 3 is 2.27 bits per heavy atom. The summed E-state index contributed by atoms with van der Waals surface area (Å²) in [7, 11) is 0. The van der Waals surface area contributed by atoms with Crippen molar-refractivity contribution in [1.29, 1.82) is 0 Å². The minimum Gasteiger partial charge on any atom is -0.375 e. The Kier molecular flexibility index (Phi) is 7.05. The molecule has 3 fully saturated rings. The van der Waals surface area contributed by atoms with Gasteiger partial charge in [0.15, 0.2) is 0 Å². The Balaban J connectivity index is 1.23. The van der Waals surface area contributed by atoms with Gasteiger partial charge in [0.25, 0.3) is 0 Å². The van der Waals surface area contributed by atoms with Crippen molar-refractivity contribution in [1.82, 2.24) is 4.90 Å². The lowest BCUT2D eigenvalue weighted by atomic mass is 9.97. The summed E-state index contributed by atoms with van der Waals surface area (Å²) < 4.78 is 6.32. The van der Waals surface area contributed by atoms with E-state index in [0.29, 0.717) is 18.6 Å². The number of ether oxygens (including phenoxy) is 1. The largest absolute Gasteiger partial charge is 0.375 e. The third-order valence-corrected chi connectivity index (χ3v) is 6.86. The molecule has 30 heavy (non-hydrogen) atoms. The van der Waals surface area contributed by atoms with E-state index < -0.39 is 0 Å². The van der Waals surface area contributed by atoms with Gasteiger partial charge >= 0.3 is 0 Å². The van der Waals surface area contributed by atoms with Crippen LogP contribution in [0.5, 0.6) is 0 Å². The fourth-order valence-electron chi connectivity index (χ4n) is 4.93. The molecule has 1 unspecified atom stereocenters. The molecule has 164 valence electrons. The molecule has 1 atom stereocenters. The van der Waals surface area contributed by atoms with E-state index in [0.717, 1.165) is 50.3 Å². The Hall–Kier alpha value is -1.92. The van der Waals surface area contributed by atoms with Crippen molar-refractivity contribution in [3.63, 3.8) is 0 Å². The van der Waals surface area contributed by atoms with Crippen LogP contribution in [0.3, 0.4) is 0 Å². The van der Waals surface area contributed by atoms with Gasteiger partial charge in [-0.3, -0.25) is 14.5 Å². The second kappa shape index (κ2) is 9.92. The van der Waals surface area contributed by atoms with Gasteiger partial charge in [-0.1, -0.05) is 19.3 Å². The molecule has 0 aromatic heterocycles. The molecule has 2 amide bonds. The number of hydrogen-bond donors (Lipinski definition) is 1. The van der Waals surface area contributed by atoms with Crippen LogP contribution in [0.2, 0.25) is 0 Å². The SMILES string of the molecule is CC(C(=O)Nc1ccc(N2CCCC2=O)cc1)N1CCC(OC2CCCCC2)CC1. The van der Waals surface area contributed by atoms with Crippen molar-refractivity contribution in [2.24, 2.45) is 0 Å². The number of carbonyl (C=O) groups is 2. The zero-order chi connectivity index (χ0) is 20.9. The van der Waals surface area contributed by atoms with Crippen molar-refractivity contribution in [3.05, 3.63) is 24.3 Å². The van der Waals surface area contributed by atoms with Gasteiger partial charge in [0.2, 0.25) is 11.8 Å². The fourth-order valence-corrected chi connectivity index (χ4v) is 4.93. The Labute approximate surface area is 179 Å². The van der Waals surface area contributed by atoms with Gasteiger partial charge < -0.3 is 15.0 Å². The van der Waals surface area contributed by atoms with E-state index in [2.05, 4.69) is 10.2 Å². The maximum absolute atomic E-state index is 12.8. The van der Waals surface area contributed by atoms with Gasteiger partial charge in [-0.2, -0.15) is 0 Å². The van der Waals surface area contributed by atoms with Crippen LogP contribution in [0.25, 0.3) is 0 Å². The molecule has 6 nitrogen and oxygen atoms in total. The molecule has 0 radical (unpaired) electrons. The number of benzene rings is 1. The van der Waals surface area contributed by atoms with E-state index in [1.165, 1.54) is 32.1 Å². The molecule has 0 bridgehead atoms. The maximum atomic E-state index is 12.8. The highest BCUT2D eigenvalue weighted by atomic mass is 16.5. The molecule has 1 saturated carbocycles. The third-order valence-electron chi connectivity index (χ3n) is 6.86. The van der Waals surface area contributed by atoms with Crippen LogP contribution in [0.4, 0.5) is 11.4 Å². The second-order valence-corrected chi connectivity index (χ2v) is 8.99. The van der Waals surface area contributed by atoms with Crippen LogP contribution in [-0.4, -0.2) is 54.6 Å². The maximum Gasteiger partial charge on any atom is 0.241 e. The molecule has 1 aliphatic carbocycles. The summed E-state index contributed by atoms with van der Waals surface area (Å²) in [6, 6.07) is 7.43. The van der Waals surface area contributed by atoms with E-state index in [9.17, 15) is 9.59 Å². The van der Waals surface area contributed by atoms with E-state index in [4.69, 9.17) is 4.74 Å². The van der Waals surface area contributed by atoms with Crippen molar-refractivity contribution in [2.75, 3.05) is 29.9 Å². The topological polar surface area (TPSA) is 61.9 Å². The van der Waals surface area contributed by atoms with Crippen LogP contribution in [-0.2, 0) is 14.3 Å². The zero-order valence-electron chi connectivity index (χ0n) is 18.1. The monoisotopic (exact) mass is 413 g/mol. The second-order valence-electron chi connectivity index (χ2n) is 8.99. The van der Waals surface area contributed by atoms with Crippen LogP contribution in [0.1, 0.15) is 64.7 Å². The Morgan fingerprint density at radius 1 is 0.967 bits per heavy atom. The standard InChI is InChI=1S/C24H35N3O3/c1-18(26-16-13-22(14-17-26)30-21-6-3-2-4-7-21)24(29)25-19-9-11-20(12-10-19)27-15-5-8-23(27)28/h9-12,18,21-22H,2-8,13-17H2,1H3,(H,25,29). The number of carbonyl (C=O) groups excluding carboxylic acids is 2. The fraction of sp³-hybridized carbons (Fsp3) is 0.667. The molecule has 2 aliphatic heterocycles. The summed E-state index contributed by atoms with van der Waals surface area (Å²) in [5.41, 5.74) is 1.68. The average Bonchev–Trinajstić information content (AvgIpc) is 3.21. The highest BCUT2D eigenvalue weighted by molar-refractivity contribution is 5.97. The van der Waals surface area contributed by atoms with Gasteiger partial charge in [-0.05, 0) is 63.3 Å². The number of nitrogens with one attached hydrogen (secondary N) is 1. The lowest BCUT2D eigenvalue weighted by molar-refractivity contribution is -0.122. The first-order valence-corrected chi connectivity index (χ1v) is 11.7. The number of rotatable bonds is 6. The summed E-state index contributed by atoms with van der Waals surface area (Å²) in [5.74, 6) is 0.197. The minimum atomic E-state index is -0.166. The molecule has 2 saturated heterocycles. The van der Waals surface area contributed by atoms with Crippen LogP contribution in [0, 0.1) is 0 Å². The van der Waals surface area contributed by atoms with Crippen molar-refractivity contribution >= 4 is 23.2 Å². The molecule has 1 aromatic rings. The number of nitrogens with zero attached hydrogens (tertiary/aromatic N) is 2. The van der Waals surface area contributed by atoms with E-state index in [1.807, 2.05) is 36.1 Å². The van der Waals surface area contributed by atoms with Gasteiger partial charge in [0.05, 0.1) is 18.2 Å². The molecule has 1 N–H and O–H groups in total.